The lowest BCUT2D eigenvalue weighted by Crippen LogP contribution is -2.15. The van der Waals surface area contributed by atoms with Crippen molar-refractivity contribution in [2.24, 2.45) is 5.14 Å². The maximum atomic E-state index is 11.3. The number of nitrogen functional groups attached to an aromatic ring is 1. The zero-order chi connectivity index (χ0) is 13.3. The molecular weight excluding hydrogens is 254 g/mol. The highest BCUT2D eigenvalue weighted by Crippen LogP contribution is 2.25. The van der Waals surface area contributed by atoms with Crippen LogP contribution >= 0.6 is 0 Å². The zero-order valence-corrected chi connectivity index (χ0v) is 9.92. The molecule has 0 aliphatic carbocycles. The van der Waals surface area contributed by atoms with Crippen molar-refractivity contribution < 1.29 is 8.42 Å². The average molecular weight is 263 g/mol. The first-order valence-corrected chi connectivity index (χ1v) is 6.35. The Labute approximate surface area is 103 Å². The standard InChI is InChI=1S/C10H9N5O2S/c11-6-9-14-4-5-15(9)7-2-1-3-8(10(7)12)18(13,16)17/h1-5H,12H2,(H2,13,16,17). The number of rotatable bonds is 2. The smallest absolute Gasteiger partial charge is 0.240 e. The third-order valence-electron chi connectivity index (χ3n) is 2.35. The van der Waals surface area contributed by atoms with Gasteiger partial charge in [0.1, 0.15) is 11.0 Å². The van der Waals surface area contributed by atoms with E-state index in [0.29, 0.717) is 5.69 Å². The molecule has 0 saturated carbocycles. The number of nitrogens with zero attached hydrogens (tertiary/aromatic N) is 3. The molecule has 0 radical (unpaired) electrons. The zero-order valence-electron chi connectivity index (χ0n) is 9.11. The monoisotopic (exact) mass is 263 g/mol. The van der Waals surface area contributed by atoms with E-state index in [1.165, 1.54) is 29.1 Å². The molecule has 0 spiro atoms. The summed E-state index contributed by atoms with van der Waals surface area (Å²) in [4.78, 5) is 3.63. The molecule has 1 aromatic heterocycles. The summed E-state index contributed by atoms with van der Waals surface area (Å²) in [7, 11) is -3.91. The van der Waals surface area contributed by atoms with E-state index >= 15 is 0 Å². The Morgan fingerprint density at radius 2 is 2.11 bits per heavy atom. The van der Waals surface area contributed by atoms with Crippen LogP contribution in [0.2, 0.25) is 0 Å². The van der Waals surface area contributed by atoms with Crippen molar-refractivity contribution in [3.63, 3.8) is 0 Å². The largest absolute Gasteiger partial charge is 0.396 e. The fourth-order valence-electron chi connectivity index (χ4n) is 1.57. The van der Waals surface area contributed by atoms with Crippen LogP contribution in [-0.4, -0.2) is 18.0 Å². The molecule has 1 aromatic carbocycles. The van der Waals surface area contributed by atoms with Gasteiger partial charge in [-0.3, -0.25) is 4.57 Å². The van der Waals surface area contributed by atoms with E-state index in [-0.39, 0.29) is 16.4 Å². The first kappa shape index (κ1) is 12.1. The third-order valence-corrected chi connectivity index (χ3v) is 3.32. The molecule has 4 N–H and O–H groups in total. The number of nitrogens with two attached hydrogens (primary N) is 2. The first-order valence-electron chi connectivity index (χ1n) is 4.80. The Hall–Kier alpha value is -2.37. The molecule has 18 heavy (non-hydrogen) atoms. The normalized spacial score (nSPS) is 11.1. The number of para-hydroxylation sites is 1. The van der Waals surface area contributed by atoms with Gasteiger partial charge in [-0.25, -0.2) is 18.5 Å². The lowest BCUT2D eigenvalue weighted by Gasteiger charge is -2.10. The molecule has 0 fully saturated rings. The van der Waals surface area contributed by atoms with Crippen LogP contribution in [0.25, 0.3) is 5.69 Å². The van der Waals surface area contributed by atoms with Crippen molar-refractivity contribution in [2.75, 3.05) is 5.73 Å². The van der Waals surface area contributed by atoms with Crippen LogP contribution < -0.4 is 10.9 Å². The van der Waals surface area contributed by atoms with Crippen molar-refractivity contribution in [1.82, 2.24) is 9.55 Å². The van der Waals surface area contributed by atoms with Crippen LogP contribution in [0, 0.1) is 11.3 Å². The molecule has 0 aliphatic rings. The number of anilines is 1. The molecule has 0 bridgehead atoms. The highest BCUT2D eigenvalue weighted by Gasteiger charge is 2.16. The molecule has 7 nitrogen and oxygen atoms in total. The van der Waals surface area contributed by atoms with Gasteiger partial charge >= 0.3 is 0 Å². The highest BCUT2D eigenvalue weighted by atomic mass is 32.2. The Kier molecular flexibility index (Phi) is 2.78. The molecule has 92 valence electrons. The minimum atomic E-state index is -3.91. The molecule has 0 atom stereocenters. The van der Waals surface area contributed by atoms with E-state index in [9.17, 15) is 8.42 Å². The number of sulfonamides is 1. The lowest BCUT2D eigenvalue weighted by molar-refractivity contribution is 0.598. The van der Waals surface area contributed by atoms with Crippen LogP contribution in [0.3, 0.4) is 0 Å². The van der Waals surface area contributed by atoms with Gasteiger partial charge in [0.2, 0.25) is 15.8 Å². The number of aromatic nitrogens is 2. The molecule has 0 saturated heterocycles. The van der Waals surface area contributed by atoms with Gasteiger partial charge in [-0.2, -0.15) is 5.26 Å². The van der Waals surface area contributed by atoms with Gasteiger partial charge in [-0.05, 0) is 12.1 Å². The number of hydrogen-bond donors (Lipinski definition) is 2. The van der Waals surface area contributed by atoms with Gasteiger partial charge < -0.3 is 5.73 Å². The van der Waals surface area contributed by atoms with E-state index in [1.54, 1.807) is 6.07 Å². The van der Waals surface area contributed by atoms with Gasteiger partial charge in [0, 0.05) is 12.4 Å². The van der Waals surface area contributed by atoms with Gasteiger partial charge in [0.15, 0.2) is 0 Å². The predicted octanol–water partition coefficient (Wildman–Crippen LogP) is -0.0264. The molecule has 2 aromatic rings. The summed E-state index contributed by atoms with van der Waals surface area (Å²) in [5, 5.41) is 13.9. The SMILES string of the molecule is N#Cc1nccn1-c1cccc(S(N)(=O)=O)c1N. The molecule has 0 aliphatic heterocycles. The van der Waals surface area contributed by atoms with Gasteiger partial charge in [-0.15, -0.1) is 0 Å². The minimum Gasteiger partial charge on any atom is -0.396 e. The second-order valence-electron chi connectivity index (χ2n) is 3.47. The Bertz CT molecular complexity index is 742. The molecule has 0 unspecified atom stereocenters. The summed E-state index contributed by atoms with van der Waals surface area (Å²) < 4.78 is 24.1. The van der Waals surface area contributed by atoms with Gasteiger partial charge in [-0.1, -0.05) is 6.07 Å². The van der Waals surface area contributed by atoms with Crippen molar-refractivity contribution in [2.45, 2.75) is 4.90 Å². The molecule has 0 amide bonds. The third kappa shape index (κ3) is 1.92. The number of nitriles is 1. The van der Waals surface area contributed by atoms with Gasteiger partial charge in [0.25, 0.3) is 0 Å². The van der Waals surface area contributed by atoms with E-state index in [0.717, 1.165) is 0 Å². The van der Waals surface area contributed by atoms with E-state index < -0.39 is 10.0 Å². The summed E-state index contributed by atoms with van der Waals surface area (Å²) in [6, 6.07) is 6.25. The second kappa shape index (κ2) is 4.14. The predicted molar refractivity (Wildman–Crippen MR) is 64.1 cm³/mol. The average Bonchev–Trinajstić information content (AvgIpc) is 2.75. The van der Waals surface area contributed by atoms with Crippen molar-refractivity contribution in [3.05, 3.63) is 36.4 Å². The molecular formula is C10H9N5O2S. The summed E-state index contributed by atoms with van der Waals surface area (Å²) in [6.07, 6.45) is 2.93. The summed E-state index contributed by atoms with van der Waals surface area (Å²) in [5.74, 6) is 0.105. The molecule has 8 heteroatoms. The topological polar surface area (TPSA) is 128 Å². The highest BCUT2D eigenvalue weighted by molar-refractivity contribution is 7.89. The Morgan fingerprint density at radius 3 is 2.72 bits per heavy atom. The maximum absolute atomic E-state index is 11.3. The fourth-order valence-corrected chi connectivity index (χ4v) is 2.25. The summed E-state index contributed by atoms with van der Waals surface area (Å²) in [6.45, 7) is 0. The van der Waals surface area contributed by atoms with E-state index in [2.05, 4.69) is 4.98 Å². The number of primary sulfonamides is 1. The van der Waals surface area contributed by atoms with Crippen molar-refractivity contribution >= 4 is 15.7 Å². The Morgan fingerprint density at radius 1 is 1.39 bits per heavy atom. The minimum absolute atomic E-state index is 0.0190. The lowest BCUT2D eigenvalue weighted by atomic mass is 10.2. The van der Waals surface area contributed by atoms with E-state index in [1.807, 2.05) is 6.07 Å². The number of hydrogen-bond acceptors (Lipinski definition) is 5. The quantitative estimate of drug-likeness (QED) is 0.735. The fraction of sp³-hybridized carbons (Fsp3) is 0. The number of benzene rings is 1. The van der Waals surface area contributed by atoms with Crippen molar-refractivity contribution in [1.29, 1.82) is 5.26 Å². The maximum Gasteiger partial charge on any atom is 0.240 e. The van der Waals surface area contributed by atoms with E-state index in [4.69, 9.17) is 16.1 Å². The van der Waals surface area contributed by atoms with Gasteiger partial charge in [0.05, 0.1) is 11.4 Å². The van der Waals surface area contributed by atoms with Crippen LogP contribution in [0.5, 0.6) is 0 Å². The van der Waals surface area contributed by atoms with Crippen LogP contribution in [-0.2, 0) is 10.0 Å². The first-order chi connectivity index (χ1) is 8.45. The van der Waals surface area contributed by atoms with Crippen LogP contribution in [0.1, 0.15) is 5.82 Å². The number of imidazole rings is 1. The van der Waals surface area contributed by atoms with Crippen LogP contribution in [0.15, 0.2) is 35.5 Å². The summed E-state index contributed by atoms with van der Waals surface area (Å²) in [5.41, 5.74) is 6.09. The summed E-state index contributed by atoms with van der Waals surface area (Å²) >= 11 is 0. The van der Waals surface area contributed by atoms with Crippen LogP contribution in [0.4, 0.5) is 5.69 Å². The molecule has 2 rings (SSSR count). The molecule has 1 heterocycles. The Balaban J connectivity index is 2.72. The second-order valence-corrected chi connectivity index (χ2v) is 5.00. The van der Waals surface area contributed by atoms with Crippen molar-refractivity contribution in [3.8, 4) is 11.8 Å².